The molecule has 5 rings (SSSR count). The SMILES string of the molecule is CN(C)c1ccc([C@@H](c2c(O)ccc3ccccc23)n2nnc3ccccc32)cc1. The average molecular weight is 394 g/mol. The third kappa shape index (κ3) is 2.95. The van der Waals surface area contributed by atoms with Gasteiger partial charge in [-0.1, -0.05) is 59.8 Å². The molecular weight excluding hydrogens is 372 g/mol. The highest BCUT2D eigenvalue weighted by Crippen LogP contribution is 2.39. The Balaban J connectivity index is 1.81. The van der Waals surface area contributed by atoms with Gasteiger partial charge in [0.2, 0.25) is 0 Å². The van der Waals surface area contributed by atoms with Gasteiger partial charge in [-0.05, 0) is 46.7 Å². The van der Waals surface area contributed by atoms with Gasteiger partial charge >= 0.3 is 0 Å². The molecule has 0 bridgehead atoms. The predicted octanol–water partition coefficient (Wildman–Crippen LogP) is 4.99. The second-order valence-electron chi connectivity index (χ2n) is 7.63. The highest BCUT2D eigenvalue weighted by molar-refractivity contribution is 5.89. The van der Waals surface area contributed by atoms with Gasteiger partial charge in [-0.25, -0.2) is 4.68 Å². The monoisotopic (exact) mass is 394 g/mol. The van der Waals surface area contributed by atoms with E-state index in [1.807, 2.05) is 67.3 Å². The van der Waals surface area contributed by atoms with Crippen molar-refractivity contribution >= 4 is 27.5 Å². The Morgan fingerprint density at radius 1 is 0.833 bits per heavy atom. The summed E-state index contributed by atoms with van der Waals surface area (Å²) in [7, 11) is 4.04. The van der Waals surface area contributed by atoms with Crippen LogP contribution in [0.5, 0.6) is 5.75 Å². The Morgan fingerprint density at radius 2 is 1.57 bits per heavy atom. The van der Waals surface area contributed by atoms with E-state index in [2.05, 4.69) is 45.5 Å². The summed E-state index contributed by atoms with van der Waals surface area (Å²) in [6.45, 7) is 0. The number of para-hydroxylation sites is 1. The van der Waals surface area contributed by atoms with Crippen LogP contribution in [0.4, 0.5) is 5.69 Å². The molecule has 0 spiro atoms. The van der Waals surface area contributed by atoms with Crippen molar-refractivity contribution in [1.82, 2.24) is 15.0 Å². The van der Waals surface area contributed by atoms with Gasteiger partial charge in [0.05, 0.1) is 5.52 Å². The third-order valence-electron chi connectivity index (χ3n) is 5.57. The van der Waals surface area contributed by atoms with Crippen LogP contribution in [0.3, 0.4) is 0 Å². The lowest BCUT2D eigenvalue weighted by atomic mass is 9.92. The molecule has 0 amide bonds. The predicted molar refractivity (Wildman–Crippen MR) is 121 cm³/mol. The maximum Gasteiger partial charge on any atom is 0.121 e. The molecular formula is C25H22N4O. The maximum atomic E-state index is 11.0. The summed E-state index contributed by atoms with van der Waals surface area (Å²) in [6.07, 6.45) is 0. The number of fused-ring (bicyclic) bond motifs is 2. The van der Waals surface area contributed by atoms with E-state index < -0.39 is 0 Å². The fraction of sp³-hybridized carbons (Fsp3) is 0.120. The summed E-state index contributed by atoms with van der Waals surface area (Å²) in [5.74, 6) is 0.245. The Bertz CT molecular complexity index is 1340. The summed E-state index contributed by atoms with van der Waals surface area (Å²) in [6, 6.07) is 27.8. The fourth-order valence-corrected chi connectivity index (χ4v) is 4.03. The van der Waals surface area contributed by atoms with Crippen LogP contribution in [0.2, 0.25) is 0 Å². The number of hydrogen-bond acceptors (Lipinski definition) is 4. The molecule has 5 nitrogen and oxygen atoms in total. The maximum absolute atomic E-state index is 11.0. The number of aromatic hydroxyl groups is 1. The van der Waals surface area contributed by atoms with Crippen LogP contribution in [0.1, 0.15) is 17.2 Å². The Morgan fingerprint density at radius 3 is 2.37 bits per heavy atom. The molecule has 5 heteroatoms. The second kappa shape index (κ2) is 7.19. The summed E-state index contributed by atoms with van der Waals surface area (Å²) in [5, 5.41) is 21.9. The molecule has 0 saturated heterocycles. The van der Waals surface area contributed by atoms with Crippen LogP contribution < -0.4 is 4.90 Å². The van der Waals surface area contributed by atoms with Crippen molar-refractivity contribution < 1.29 is 5.11 Å². The summed E-state index contributed by atoms with van der Waals surface area (Å²) < 4.78 is 1.90. The van der Waals surface area contributed by atoms with Gasteiger partial charge in [-0.3, -0.25) is 0 Å². The zero-order chi connectivity index (χ0) is 20.7. The van der Waals surface area contributed by atoms with Crippen molar-refractivity contribution in [2.24, 2.45) is 0 Å². The van der Waals surface area contributed by atoms with Gasteiger partial charge in [-0.15, -0.1) is 5.10 Å². The Hall–Kier alpha value is -3.86. The lowest BCUT2D eigenvalue weighted by Gasteiger charge is -2.23. The molecule has 5 aromatic rings. The Labute approximate surface area is 174 Å². The molecule has 4 aromatic carbocycles. The molecule has 0 unspecified atom stereocenters. The van der Waals surface area contributed by atoms with Gasteiger partial charge in [-0.2, -0.15) is 0 Å². The standard InChI is InChI=1S/C25H22N4O/c1-28(2)19-14-11-18(12-15-19)25(29-22-10-6-5-9-21(22)26-27-29)24-20-8-4-3-7-17(20)13-16-23(24)30/h3-16,25,30H,1-2H3/t25-/m0/s1. The zero-order valence-electron chi connectivity index (χ0n) is 16.9. The van der Waals surface area contributed by atoms with E-state index >= 15 is 0 Å². The van der Waals surface area contributed by atoms with E-state index in [9.17, 15) is 5.11 Å². The molecule has 0 aliphatic carbocycles. The van der Waals surface area contributed by atoms with E-state index in [1.54, 1.807) is 6.07 Å². The van der Waals surface area contributed by atoms with Gasteiger partial charge < -0.3 is 10.0 Å². The molecule has 0 aliphatic heterocycles. The van der Waals surface area contributed by atoms with Crippen molar-refractivity contribution in [3.8, 4) is 5.75 Å². The van der Waals surface area contributed by atoms with Crippen LogP contribution in [0.25, 0.3) is 21.8 Å². The first kappa shape index (κ1) is 18.2. The number of phenols is 1. The molecule has 148 valence electrons. The second-order valence-corrected chi connectivity index (χ2v) is 7.63. The van der Waals surface area contributed by atoms with E-state index in [-0.39, 0.29) is 11.8 Å². The van der Waals surface area contributed by atoms with E-state index in [4.69, 9.17) is 0 Å². The van der Waals surface area contributed by atoms with E-state index in [0.29, 0.717) is 0 Å². The van der Waals surface area contributed by atoms with Gasteiger partial charge in [0.15, 0.2) is 0 Å². The average Bonchev–Trinajstić information content (AvgIpc) is 3.20. The molecule has 0 aliphatic rings. The van der Waals surface area contributed by atoms with Gasteiger partial charge in [0, 0.05) is 25.3 Å². The first-order chi connectivity index (χ1) is 14.6. The lowest BCUT2D eigenvalue weighted by Crippen LogP contribution is -2.15. The number of aromatic nitrogens is 3. The minimum Gasteiger partial charge on any atom is -0.508 e. The van der Waals surface area contributed by atoms with Crippen LogP contribution in [0.15, 0.2) is 84.9 Å². The molecule has 1 aromatic heterocycles. The molecule has 0 saturated carbocycles. The largest absolute Gasteiger partial charge is 0.508 e. The quantitative estimate of drug-likeness (QED) is 0.466. The first-order valence-corrected chi connectivity index (χ1v) is 9.91. The van der Waals surface area contributed by atoms with Crippen LogP contribution in [-0.2, 0) is 0 Å². The number of anilines is 1. The highest BCUT2D eigenvalue weighted by Gasteiger charge is 2.25. The lowest BCUT2D eigenvalue weighted by molar-refractivity contribution is 0.457. The third-order valence-corrected chi connectivity index (χ3v) is 5.57. The van der Waals surface area contributed by atoms with Crippen molar-refractivity contribution in [3.05, 3.63) is 96.1 Å². The number of benzene rings is 4. The number of rotatable bonds is 4. The number of phenolic OH excluding ortho intramolecular Hbond substituents is 1. The fourth-order valence-electron chi connectivity index (χ4n) is 4.03. The minimum atomic E-state index is -0.320. The van der Waals surface area contributed by atoms with Crippen molar-refractivity contribution in [3.63, 3.8) is 0 Å². The number of hydrogen-bond donors (Lipinski definition) is 1. The molecule has 0 radical (unpaired) electrons. The summed E-state index contributed by atoms with van der Waals surface area (Å²) in [4.78, 5) is 2.07. The zero-order valence-corrected chi connectivity index (χ0v) is 16.9. The summed E-state index contributed by atoms with van der Waals surface area (Å²) in [5.41, 5.74) is 4.71. The molecule has 1 heterocycles. The number of nitrogens with zero attached hydrogens (tertiary/aromatic N) is 4. The summed E-state index contributed by atoms with van der Waals surface area (Å²) >= 11 is 0. The van der Waals surface area contributed by atoms with E-state index in [1.165, 1.54) is 0 Å². The van der Waals surface area contributed by atoms with Gasteiger partial charge in [0.25, 0.3) is 0 Å². The van der Waals surface area contributed by atoms with E-state index in [0.717, 1.165) is 38.6 Å². The van der Waals surface area contributed by atoms with Gasteiger partial charge in [0.1, 0.15) is 17.3 Å². The smallest absolute Gasteiger partial charge is 0.121 e. The minimum absolute atomic E-state index is 0.245. The first-order valence-electron chi connectivity index (χ1n) is 9.91. The molecule has 30 heavy (non-hydrogen) atoms. The van der Waals surface area contributed by atoms with Crippen LogP contribution in [-0.4, -0.2) is 34.2 Å². The normalized spacial score (nSPS) is 12.3. The molecule has 1 N–H and O–H groups in total. The molecule has 1 atom stereocenters. The van der Waals surface area contributed by atoms with Crippen LogP contribution >= 0.6 is 0 Å². The highest BCUT2D eigenvalue weighted by atomic mass is 16.3. The Kier molecular flexibility index (Phi) is 4.36. The topological polar surface area (TPSA) is 54.2 Å². The van der Waals surface area contributed by atoms with Crippen molar-refractivity contribution in [2.45, 2.75) is 6.04 Å². The van der Waals surface area contributed by atoms with Crippen LogP contribution in [0, 0.1) is 0 Å². The molecule has 0 fully saturated rings. The van der Waals surface area contributed by atoms with Crippen molar-refractivity contribution in [2.75, 3.05) is 19.0 Å². The van der Waals surface area contributed by atoms with Crippen molar-refractivity contribution in [1.29, 1.82) is 0 Å².